The summed E-state index contributed by atoms with van der Waals surface area (Å²) < 4.78 is 5.35. The molecule has 212 valence electrons. The Morgan fingerprint density at radius 1 is 1.05 bits per heavy atom. The summed E-state index contributed by atoms with van der Waals surface area (Å²) >= 11 is 6.38. The van der Waals surface area contributed by atoms with Crippen LogP contribution in [0.15, 0.2) is 48.5 Å². The van der Waals surface area contributed by atoms with E-state index in [0.717, 1.165) is 12.0 Å². The van der Waals surface area contributed by atoms with E-state index in [2.05, 4.69) is 10.6 Å². The van der Waals surface area contributed by atoms with Gasteiger partial charge in [-0.2, -0.15) is 0 Å². The zero-order valence-electron chi connectivity index (χ0n) is 23.3. The summed E-state index contributed by atoms with van der Waals surface area (Å²) in [7, 11) is 0. The molecule has 2 aromatic carbocycles. The van der Waals surface area contributed by atoms with E-state index in [9.17, 15) is 19.2 Å². The van der Waals surface area contributed by atoms with Crippen molar-refractivity contribution in [3.8, 4) is 0 Å². The number of nitrogens with two attached hydrogens (primary N) is 1. The van der Waals surface area contributed by atoms with Crippen LogP contribution in [0.25, 0.3) is 0 Å². The number of alkyl carbamates (subject to hydrolysis) is 1. The minimum absolute atomic E-state index is 0.0528. The second-order valence-electron chi connectivity index (χ2n) is 10.3. The smallest absolute Gasteiger partial charge is 0.408 e. The van der Waals surface area contributed by atoms with Crippen LogP contribution in [0.4, 0.5) is 10.5 Å². The van der Waals surface area contributed by atoms with Crippen LogP contribution in [-0.4, -0.2) is 46.9 Å². The van der Waals surface area contributed by atoms with Crippen molar-refractivity contribution >= 4 is 41.1 Å². The van der Waals surface area contributed by atoms with Crippen LogP contribution < -0.4 is 16.4 Å². The molecule has 0 bridgehead atoms. The molecule has 0 radical (unpaired) electrons. The van der Waals surface area contributed by atoms with E-state index in [1.807, 2.05) is 26.0 Å². The van der Waals surface area contributed by atoms with Crippen molar-refractivity contribution in [2.24, 2.45) is 5.73 Å². The number of carbonyl (C=O) groups is 4. The lowest BCUT2D eigenvalue weighted by atomic mass is 10.0. The number of anilines is 1. The Hall–Kier alpha value is -3.59. The van der Waals surface area contributed by atoms with Gasteiger partial charge in [0.15, 0.2) is 0 Å². The Morgan fingerprint density at radius 2 is 1.72 bits per heavy atom. The fourth-order valence-corrected chi connectivity index (χ4v) is 4.25. The van der Waals surface area contributed by atoms with Gasteiger partial charge in [0.25, 0.3) is 5.91 Å². The summed E-state index contributed by atoms with van der Waals surface area (Å²) in [6.45, 7) is 9.12. The number of aryl methyl sites for hydroxylation is 1. The fourth-order valence-electron chi connectivity index (χ4n) is 3.98. The van der Waals surface area contributed by atoms with E-state index in [1.165, 1.54) is 4.90 Å². The molecule has 0 saturated heterocycles. The number of unbranched alkanes of at least 4 members (excludes halogenated alkanes) is 1. The maximum absolute atomic E-state index is 14.1. The number of nitrogens with zero attached hydrogens (tertiary/aromatic N) is 1. The molecule has 0 saturated carbocycles. The highest BCUT2D eigenvalue weighted by Crippen LogP contribution is 2.29. The van der Waals surface area contributed by atoms with Gasteiger partial charge in [-0.15, -0.1) is 0 Å². The minimum Gasteiger partial charge on any atom is -0.444 e. The summed E-state index contributed by atoms with van der Waals surface area (Å²) in [5.74, 6) is -1.62. The average molecular weight is 559 g/mol. The monoisotopic (exact) mass is 558 g/mol. The second-order valence-corrected chi connectivity index (χ2v) is 10.7. The standard InChI is InChI=1S/C29H39ClN4O5/c1-6-7-18-34(27(37)22(16-17-23(31)35)32-28(38)39-29(3,4)5)25(20-13-9-8-10-14-20)26(36)33-24-19(2)12-11-15-21(24)30/h8-15,22,25H,6-7,16-18H2,1-5H3,(H2,31,35)(H,32,38)(H,33,36). The maximum Gasteiger partial charge on any atom is 0.408 e. The third-order valence-electron chi connectivity index (χ3n) is 5.85. The number of ether oxygens (including phenoxy) is 1. The van der Waals surface area contributed by atoms with Crippen molar-refractivity contribution in [3.63, 3.8) is 0 Å². The predicted octanol–water partition coefficient (Wildman–Crippen LogP) is 5.12. The number of para-hydroxylation sites is 1. The molecule has 39 heavy (non-hydrogen) atoms. The van der Waals surface area contributed by atoms with Crippen LogP contribution in [0.2, 0.25) is 5.02 Å². The third-order valence-corrected chi connectivity index (χ3v) is 6.16. The summed E-state index contributed by atoms with van der Waals surface area (Å²) in [5.41, 5.74) is 6.35. The highest BCUT2D eigenvalue weighted by Gasteiger charge is 2.36. The SMILES string of the molecule is CCCCN(C(=O)C(CCC(N)=O)NC(=O)OC(C)(C)C)C(C(=O)Nc1c(C)cccc1Cl)c1ccccc1. The molecule has 9 nitrogen and oxygen atoms in total. The van der Waals surface area contributed by atoms with Gasteiger partial charge < -0.3 is 26.0 Å². The molecule has 0 aliphatic rings. The molecule has 4 amide bonds. The molecule has 0 aliphatic heterocycles. The zero-order chi connectivity index (χ0) is 29.2. The summed E-state index contributed by atoms with van der Waals surface area (Å²) in [6.07, 6.45) is 0.343. The van der Waals surface area contributed by atoms with Crippen molar-refractivity contribution < 1.29 is 23.9 Å². The second kappa shape index (κ2) is 14.5. The lowest BCUT2D eigenvalue weighted by Gasteiger charge is -2.34. The highest BCUT2D eigenvalue weighted by atomic mass is 35.5. The number of amides is 4. The quantitative estimate of drug-likeness (QED) is 0.333. The fraction of sp³-hybridized carbons (Fsp3) is 0.448. The first kappa shape index (κ1) is 31.6. The van der Waals surface area contributed by atoms with Gasteiger partial charge in [-0.05, 0) is 57.7 Å². The molecule has 0 fully saturated rings. The molecule has 0 heterocycles. The van der Waals surface area contributed by atoms with Crippen molar-refractivity contribution in [2.45, 2.75) is 78.0 Å². The molecule has 2 rings (SSSR count). The molecule has 0 spiro atoms. The Labute approximate surface area is 235 Å². The molecule has 4 N–H and O–H groups in total. The Kier molecular flexibility index (Phi) is 11.8. The van der Waals surface area contributed by atoms with Crippen LogP contribution in [0.1, 0.15) is 70.5 Å². The number of hydrogen-bond acceptors (Lipinski definition) is 5. The topological polar surface area (TPSA) is 131 Å². The Balaban J connectivity index is 2.52. The van der Waals surface area contributed by atoms with Crippen LogP contribution in [-0.2, 0) is 19.1 Å². The first-order valence-electron chi connectivity index (χ1n) is 13.0. The lowest BCUT2D eigenvalue weighted by molar-refractivity contribution is -0.141. The first-order chi connectivity index (χ1) is 18.3. The number of primary amides is 1. The van der Waals surface area contributed by atoms with E-state index >= 15 is 0 Å². The van der Waals surface area contributed by atoms with Gasteiger partial charge in [-0.25, -0.2) is 4.79 Å². The highest BCUT2D eigenvalue weighted by molar-refractivity contribution is 6.34. The molecule has 2 aromatic rings. The Bertz CT molecular complexity index is 1130. The number of hydrogen-bond donors (Lipinski definition) is 3. The maximum atomic E-state index is 14.1. The first-order valence-corrected chi connectivity index (χ1v) is 13.4. The van der Waals surface area contributed by atoms with Gasteiger partial charge in [0, 0.05) is 13.0 Å². The minimum atomic E-state index is -1.15. The van der Waals surface area contributed by atoms with Crippen LogP contribution in [0, 0.1) is 6.92 Å². The van der Waals surface area contributed by atoms with Crippen LogP contribution >= 0.6 is 11.6 Å². The zero-order valence-corrected chi connectivity index (χ0v) is 24.0. The Morgan fingerprint density at radius 3 is 2.28 bits per heavy atom. The van der Waals surface area contributed by atoms with E-state index in [4.69, 9.17) is 22.1 Å². The van der Waals surface area contributed by atoms with Crippen LogP contribution in [0.5, 0.6) is 0 Å². The molecular weight excluding hydrogens is 520 g/mol. The molecule has 2 unspecified atom stereocenters. The van der Waals surface area contributed by atoms with Crippen LogP contribution in [0.3, 0.4) is 0 Å². The molecule has 0 aromatic heterocycles. The third kappa shape index (κ3) is 9.90. The van der Waals surface area contributed by atoms with E-state index in [0.29, 0.717) is 22.7 Å². The van der Waals surface area contributed by atoms with E-state index in [1.54, 1.807) is 57.2 Å². The average Bonchev–Trinajstić information content (AvgIpc) is 2.85. The number of carbonyl (C=O) groups excluding carboxylic acids is 4. The number of halogens is 1. The summed E-state index contributed by atoms with van der Waals surface area (Å²) in [5, 5.41) is 5.85. The molecule has 2 atom stereocenters. The van der Waals surface area contributed by atoms with Crippen molar-refractivity contribution in [3.05, 3.63) is 64.7 Å². The molecule has 0 aliphatic carbocycles. The number of benzene rings is 2. The molecule has 10 heteroatoms. The summed E-state index contributed by atoms with van der Waals surface area (Å²) in [4.78, 5) is 53.6. The van der Waals surface area contributed by atoms with Crippen molar-refractivity contribution in [2.75, 3.05) is 11.9 Å². The van der Waals surface area contributed by atoms with Crippen molar-refractivity contribution in [1.29, 1.82) is 0 Å². The number of rotatable bonds is 12. The predicted molar refractivity (Wildman–Crippen MR) is 152 cm³/mol. The van der Waals surface area contributed by atoms with Gasteiger partial charge in [-0.3, -0.25) is 14.4 Å². The van der Waals surface area contributed by atoms with Crippen molar-refractivity contribution in [1.82, 2.24) is 10.2 Å². The lowest BCUT2D eigenvalue weighted by Crippen LogP contribution is -2.52. The van der Waals surface area contributed by atoms with E-state index in [-0.39, 0.29) is 19.4 Å². The van der Waals surface area contributed by atoms with Gasteiger partial charge in [0.1, 0.15) is 17.7 Å². The summed E-state index contributed by atoms with van der Waals surface area (Å²) in [6, 6.07) is 12.0. The largest absolute Gasteiger partial charge is 0.444 e. The van der Waals surface area contributed by atoms with Gasteiger partial charge in [0.2, 0.25) is 11.8 Å². The van der Waals surface area contributed by atoms with Gasteiger partial charge in [0.05, 0.1) is 10.7 Å². The van der Waals surface area contributed by atoms with E-state index < -0.39 is 41.5 Å². The molecular formula is C29H39ClN4O5. The normalized spacial score (nSPS) is 12.7. The van der Waals surface area contributed by atoms with Gasteiger partial charge in [-0.1, -0.05) is 67.4 Å². The van der Waals surface area contributed by atoms with Gasteiger partial charge >= 0.3 is 6.09 Å². The number of nitrogens with one attached hydrogen (secondary N) is 2.